The number of ether oxygens (including phenoxy) is 1. The number of carbonyl (C=O) groups excluding carboxylic acids is 1. The first-order chi connectivity index (χ1) is 2.77. The quantitative estimate of drug-likeness (QED) is 0.170. The molecule has 0 aliphatic heterocycles. The minimum Gasteiger partial charge on any atom is -1.00 e. The van der Waals surface area contributed by atoms with E-state index < -0.39 is 6.16 Å². The first-order valence-electron chi connectivity index (χ1n) is 1.10. The van der Waals surface area contributed by atoms with Crippen molar-refractivity contribution in [1.82, 2.24) is 0 Å². The molecule has 5 heteroatoms. The molecule has 1 N–H and O–H groups in total. The molecule has 36 valence electrons. The summed E-state index contributed by atoms with van der Waals surface area (Å²) >= 11 is 0. The maximum absolute atomic E-state index is 9.15. The van der Waals surface area contributed by atoms with Gasteiger partial charge < -0.3 is 11.3 Å². The molecule has 0 aromatic rings. The second-order valence-electron chi connectivity index (χ2n) is 0.480. The van der Waals surface area contributed by atoms with E-state index in [-0.39, 0.29) is 37.5 Å². The molecule has 0 atom stereocenters. The van der Waals surface area contributed by atoms with Crippen molar-refractivity contribution in [2.24, 2.45) is 0 Å². The number of carboxylic acid groups (broad SMARTS) is 1. The van der Waals surface area contributed by atoms with Gasteiger partial charge in [-0.25, -0.2) is 4.79 Å². The van der Waals surface area contributed by atoms with Crippen molar-refractivity contribution in [2.45, 2.75) is 0 Å². The van der Waals surface area contributed by atoms with Crippen LogP contribution in [0.5, 0.6) is 0 Å². The average molecular weight is 114 g/mol. The Balaban J connectivity index is -0.000000125. The molecular formula is C2H3NaO4. The van der Waals surface area contributed by atoms with Gasteiger partial charge in [-0.2, -0.15) is 0 Å². The van der Waals surface area contributed by atoms with Crippen molar-refractivity contribution in [3.05, 3.63) is 0 Å². The summed E-state index contributed by atoms with van der Waals surface area (Å²) in [7, 11) is 0. The van der Waals surface area contributed by atoms with Crippen LogP contribution in [0.25, 0.3) is 0 Å². The van der Waals surface area contributed by atoms with E-state index in [0.717, 1.165) is 0 Å². The van der Waals surface area contributed by atoms with E-state index in [9.17, 15) is 0 Å². The van der Waals surface area contributed by atoms with Crippen molar-refractivity contribution >= 4 is 12.6 Å². The fourth-order valence-electron chi connectivity index (χ4n) is 0.0412. The molecular weight excluding hydrogens is 111 g/mol. The predicted molar refractivity (Wildman–Crippen MR) is 16.3 cm³/mol. The summed E-state index contributed by atoms with van der Waals surface area (Å²) in [6, 6.07) is 0. The molecule has 0 rings (SSSR count). The summed E-state index contributed by atoms with van der Waals surface area (Å²) in [6.07, 6.45) is -1.58. The zero-order valence-electron chi connectivity index (χ0n) is 4.75. The largest absolute Gasteiger partial charge is 1.00 e. The molecule has 0 aliphatic carbocycles. The zero-order valence-corrected chi connectivity index (χ0v) is 5.75. The molecule has 7 heavy (non-hydrogen) atoms. The van der Waals surface area contributed by atoms with E-state index >= 15 is 0 Å². The molecule has 0 amide bonds. The summed E-state index contributed by atoms with van der Waals surface area (Å²) in [5.41, 5.74) is 0. The third-order valence-corrected chi connectivity index (χ3v) is 0.149. The Bertz CT molecular complexity index is 74.4. The topological polar surface area (TPSA) is 63.6 Å². The number of rotatable bonds is 1. The molecule has 0 saturated carbocycles. The molecule has 0 saturated heterocycles. The summed E-state index contributed by atoms with van der Waals surface area (Å²) in [5, 5.41) is 7.46. The van der Waals surface area contributed by atoms with E-state index in [1.165, 1.54) is 0 Å². The number of hydrogen-bond acceptors (Lipinski definition) is 3. The minimum atomic E-state index is -1.58. The van der Waals surface area contributed by atoms with Gasteiger partial charge in [0, 0.05) is 0 Å². The Kier molecular flexibility index (Phi) is 8.51. The van der Waals surface area contributed by atoms with Crippen LogP contribution in [-0.2, 0) is 9.53 Å². The molecule has 0 aromatic carbocycles. The van der Waals surface area contributed by atoms with E-state index in [2.05, 4.69) is 4.74 Å². The SMILES string of the molecule is O=COC(=O)O.[H-].[Na+]. The monoisotopic (exact) mass is 114 g/mol. The van der Waals surface area contributed by atoms with E-state index in [1.54, 1.807) is 0 Å². The van der Waals surface area contributed by atoms with Crippen molar-refractivity contribution < 1.29 is 50.4 Å². The Morgan fingerprint density at radius 2 is 2.29 bits per heavy atom. The van der Waals surface area contributed by atoms with Crippen molar-refractivity contribution in [1.29, 1.82) is 0 Å². The Morgan fingerprint density at radius 3 is 2.29 bits per heavy atom. The van der Waals surface area contributed by atoms with Crippen molar-refractivity contribution in [2.75, 3.05) is 0 Å². The van der Waals surface area contributed by atoms with Crippen molar-refractivity contribution in [3.63, 3.8) is 0 Å². The van der Waals surface area contributed by atoms with Crippen LogP contribution in [0.2, 0.25) is 0 Å². The van der Waals surface area contributed by atoms with Gasteiger partial charge in [0.1, 0.15) is 0 Å². The van der Waals surface area contributed by atoms with Crippen LogP contribution >= 0.6 is 0 Å². The summed E-state index contributed by atoms with van der Waals surface area (Å²) < 4.78 is 3.28. The molecule has 0 fully saturated rings. The molecule has 0 spiro atoms. The first-order valence-corrected chi connectivity index (χ1v) is 1.10. The van der Waals surface area contributed by atoms with Gasteiger partial charge in [0.15, 0.2) is 0 Å². The normalized spacial score (nSPS) is 5.71. The van der Waals surface area contributed by atoms with Gasteiger partial charge in [0.25, 0.3) is 0 Å². The molecule has 0 heterocycles. The third kappa shape index (κ3) is 10.7. The Hall–Kier alpha value is -0.0600. The smallest absolute Gasteiger partial charge is 1.00 e. The van der Waals surface area contributed by atoms with Crippen LogP contribution in [0.3, 0.4) is 0 Å². The maximum atomic E-state index is 9.15. The fraction of sp³-hybridized carbons (Fsp3) is 0. The van der Waals surface area contributed by atoms with Gasteiger partial charge in [-0.05, 0) is 0 Å². The summed E-state index contributed by atoms with van der Waals surface area (Å²) in [6.45, 7) is -0.150. The van der Waals surface area contributed by atoms with Gasteiger partial charge in [-0.15, -0.1) is 0 Å². The molecule has 0 radical (unpaired) electrons. The predicted octanol–water partition coefficient (Wildman–Crippen LogP) is -3.05. The number of carbonyl (C=O) groups is 2. The van der Waals surface area contributed by atoms with Crippen LogP contribution in [0.1, 0.15) is 1.43 Å². The van der Waals surface area contributed by atoms with Crippen molar-refractivity contribution in [3.8, 4) is 0 Å². The fourth-order valence-corrected chi connectivity index (χ4v) is 0.0412. The summed E-state index contributed by atoms with van der Waals surface area (Å²) in [4.78, 5) is 18.2. The molecule has 0 aliphatic rings. The van der Waals surface area contributed by atoms with E-state index in [1.807, 2.05) is 0 Å². The zero-order chi connectivity index (χ0) is 4.99. The molecule has 0 aromatic heterocycles. The van der Waals surface area contributed by atoms with Crippen LogP contribution in [0, 0.1) is 0 Å². The molecule has 0 bridgehead atoms. The second kappa shape index (κ2) is 5.94. The van der Waals surface area contributed by atoms with Gasteiger partial charge in [0.2, 0.25) is 0 Å². The molecule has 0 unspecified atom stereocenters. The Labute approximate surface area is 63.2 Å². The van der Waals surface area contributed by atoms with Crippen LogP contribution < -0.4 is 29.6 Å². The van der Waals surface area contributed by atoms with E-state index in [0.29, 0.717) is 0 Å². The van der Waals surface area contributed by atoms with Crippen LogP contribution in [0.15, 0.2) is 0 Å². The standard InChI is InChI=1S/C2H2O4.Na.H/c3-1-6-2(4)5;;/h1H,(H,4,5);;/q;+1;-1. The van der Waals surface area contributed by atoms with Gasteiger partial charge in [-0.3, -0.25) is 4.79 Å². The Morgan fingerprint density at radius 1 is 1.86 bits per heavy atom. The molecule has 4 nitrogen and oxygen atoms in total. The number of hydrogen-bond donors (Lipinski definition) is 1. The third-order valence-electron chi connectivity index (χ3n) is 0.149. The van der Waals surface area contributed by atoms with Crippen LogP contribution in [-0.4, -0.2) is 17.7 Å². The van der Waals surface area contributed by atoms with Gasteiger partial charge >= 0.3 is 42.2 Å². The maximum Gasteiger partial charge on any atom is 1.00 e. The van der Waals surface area contributed by atoms with E-state index in [4.69, 9.17) is 14.7 Å². The van der Waals surface area contributed by atoms with Crippen LogP contribution in [0.4, 0.5) is 4.79 Å². The average Bonchev–Trinajstić information content (AvgIpc) is 1.35. The summed E-state index contributed by atoms with van der Waals surface area (Å²) in [5.74, 6) is 0. The second-order valence-corrected chi connectivity index (χ2v) is 0.480. The van der Waals surface area contributed by atoms with Gasteiger partial charge in [0.05, 0.1) is 0 Å². The minimum absolute atomic E-state index is 0. The van der Waals surface area contributed by atoms with Gasteiger partial charge in [-0.1, -0.05) is 0 Å². The first kappa shape index (κ1) is 10.0.